The molecule has 24 atom stereocenters. The summed E-state index contributed by atoms with van der Waals surface area (Å²) in [5.74, 6) is -11.4. The van der Waals surface area contributed by atoms with E-state index in [0.29, 0.717) is 31.4 Å². The topological polar surface area (TPSA) is 572 Å². The van der Waals surface area contributed by atoms with Crippen LogP contribution in [0.3, 0.4) is 0 Å². The minimum atomic E-state index is -2.19. The summed E-state index contributed by atoms with van der Waals surface area (Å²) in [5.41, 5.74) is 4.83. The monoisotopic (exact) mass is 1760 g/mol. The Kier molecular flexibility index (Phi) is 41.5. The average molecular weight is 1760 g/mol. The first-order valence-electron chi connectivity index (χ1n) is 42.1. The van der Waals surface area contributed by atoms with E-state index in [1.165, 1.54) is 57.5 Å². The lowest BCUT2D eigenvalue weighted by molar-refractivity contribution is -0.327. The van der Waals surface area contributed by atoms with Crippen LogP contribution in [0.15, 0.2) is 54.6 Å². The third-order valence-corrected chi connectivity index (χ3v) is 22.3. The van der Waals surface area contributed by atoms with Gasteiger partial charge in [-0.15, -0.1) is 0 Å². The number of likely N-dealkylation sites (N-methyl/N-ethyl adjacent to an activating group) is 2. The van der Waals surface area contributed by atoms with Gasteiger partial charge in [-0.2, -0.15) is 0 Å². The van der Waals surface area contributed by atoms with Gasteiger partial charge < -0.3 is 132 Å². The molecule has 0 saturated carbocycles. The average Bonchev–Trinajstić information content (AvgIpc) is 1.02. The maximum absolute atomic E-state index is 15.4. The first kappa shape index (κ1) is 105. The SMILES string of the molecule is CC[C@H](C)[C@@H]([C@@H](CC(=O)N1CCC[C@H]1[C@H](OC)[C@@H](C)C(=O)N[C@H](C)[C@@H](O)c1ccccc1)OC)N(C)C(=O)[C@@H](NC(=O)[C@H](C(C)C)N(C)C(=O)OC(C(=O)N[C@H]1[C@H](O[C@H]2[C@H](O)[C@@H](NC(C)=O)[C@H](O)O[C@@H]2CO)O[C@H](CO)[C@@H](O)[C@@H]1O)c1ccc(NC(=O)[C@H](CCCNC(N)=O)NC(=O)[C@@H](NC(=O)[C@H](CCC(=O)OC(C)(C)C)NC(C)=O)C(C)C)cc1)C(C)C. The molecule has 3 aliphatic rings. The van der Waals surface area contributed by atoms with Crippen molar-refractivity contribution in [2.45, 2.75) is 295 Å². The molecule has 5 rings (SSSR count). The van der Waals surface area contributed by atoms with Gasteiger partial charge in [0.25, 0.3) is 5.91 Å². The molecular formula is C84H135N13O27. The van der Waals surface area contributed by atoms with Crippen molar-refractivity contribution in [1.29, 1.82) is 0 Å². The van der Waals surface area contributed by atoms with E-state index in [9.17, 15) is 78.9 Å². The van der Waals surface area contributed by atoms with Crippen LogP contribution in [0.1, 0.15) is 179 Å². The van der Waals surface area contributed by atoms with Gasteiger partial charge in [0.05, 0.1) is 62.0 Å². The van der Waals surface area contributed by atoms with Gasteiger partial charge >= 0.3 is 18.1 Å². The summed E-state index contributed by atoms with van der Waals surface area (Å²) in [6, 6.07) is 0.299. The number of carbonyl (C=O) groups is 13. The number of primary amides is 1. The van der Waals surface area contributed by atoms with Crippen molar-refractivity contribution >= 4 is 82.9 Å². The number of nitrogens with two attached hydrogens (primary N) is 1. The van der Waals surface area contributed by atoms with Crippen molar-refractivity contribution in [2.24, 2.45) is 35.3 Å². The Hall–Kier alpha value is -9.33. The highest BCUT2D eigenvalue weighted by Crippen LogP contribution is 2.34. The molecule has 0 radical (unpaired) electrons. The smallest absolute Gasteiger partial charge is 0.411 e. The van der Waals surface area contributed by atoms with Gasteiger partial charge in [-0.25, -0.2) is 9.59 Å². The summed E-state index contributed by atoms with van der Waals surface area (Å²) >= 11 is 0. The zero-order valence-electron chi connectivity index (χ0n) is 74.5. The molecular weight excluding hydrogens is 1620 g/mol. The fraction of sp³-hybridized carbons (Fsp3) is 0.702. The summed E-state index contributed by atoms with van der Waals surface area (Å²) in [6.45, 7) is 22.4. The molecule has 3 fully saturated rings. The van der Waals surface area contributed by atoms with Crippen molar-refractivity contribution in [3.8, 4) is 0 Å². The van der Waals surface area contributed by atoms with E-state index in [1.54, 1.807) is 105 Å². The molecule has 2 aromatic carbocycles. The van der Waals surface area contributed by atoms with Gasteiger partial charge in [0.1, 0.15) is 84.5 Å². The highest BCUT2D eigenvalue weighted by atomic mass is 16.7. The number of nitrogens with one attached hydrogen (secondary N) is 9. The van der Waals surface area contributed by atoms with Gasteiger partial charge in [0.15, 0.2) is 12.6 Å². The number of esters is 1. The van der Waals surface area contributed by atoms with Crippen LogP contribution in [0.4, 0.5) is 15.3 Å². The molecule has 0 aromatic heterocycles. The predicted molar refractivity (Wildman–Crippen MR) is 447 cm³/mol. The Morgan fingerprint density at radius 1 is 0.645 bits per heavy atom. The number of amides is 13. The second-order valence-corrected chi connectivity index (χ2v) is 34.1. The molecule has 2 aromatic rings. The molecule has 40 nitrogen and oxygen atoms in total. The molecule has 1 unspecified atom stereocenters. The molecule has 0 spiro atoms. The van der Waals surface area contributed by atoms with E-state index in [0.717, 1.165) is 18.7 Å². The number of ether oxygens (including phenoxy) is 7. The molecule has 3 heterocycles. The third kappa shape index (κ3) is 29.7. The Bertz CT molecular complexity index is 3860. The van der Waals surface area contributed by atoms with Crippen LogP contribution in [0.5, 0.6) is 0 Å². The normalized spacial score (nSPS) is 23.5. The summed E-state index contributed by atoms with van der Waals surface area (Å²) in [4.78, 5) is 185. The molecule has 0 aliphatic carbocycles. The molecule has 124 heavy (non-hydrogen) atoms. The van der Waals surface area contributed by atoms with Crippen molar-refractivity contribution in [3.63, 3.8) is 0 Å². The van der Waals surface area contributed by atoms with Gasteiger partial charge in [0, 0.05) is 72.9 Å². The first-order chi connectivity index (χ1) is 58.2. The standard InChI is InChI=1S/C84H135N13O27/c1-20-44(8)65(55(118-18)38-58(102)97-37-25-29-54(97)70(119-19)45(9)73(108)87-46(10)66(104)49-26-22-21-23-27-49)95(16)79(114)61(42(4)5)93-77(112)64(43(6)7)96(17)83(117)123-71(78(113)94-63-68(106)67(105)56(39-98)121-81(63)122-72-57(40-99)120-80(115)62(69(72)107)89-48(12)101)50-30-32-51(33-31-50)90-74(109)52(28-24-36-86-82(85)116)91-76(111)60(41(2)3)92-75(110)53(88-47(11)100)34-35-59(103)124-84(13,14)15/h21-23,26-27,30-33,41-46,52-57,60-72,80-81,98-99,104-107,115H,20,24-25,28-29,34-40H2,1-19H3,(H,87,108)(H,88,100)(H,89,101)(H,90,109)(H,91,111)(H,92,110)(H,93,112)(H,94,113)(H3,85,86,116)/t44-,45+,46+,52-,53-,54-,55+,56+,57+,60-,61-,62+,63+,64-,65-,66+,67+,68+,69+,70+,71?,72+,80+,81-/m0/s1. The van der Waals surface area contributed by atoms with Crippen LogP contribution in [0, 0.1) is 29.6 Å². The number of rotatable bonds is 44. The Morgan fingerprint density at radius 3 is 1.81 bits per heavy atom. The van der Waals surface area contributed by atoms with E-state index in [-0.39, 0.29) is 61.7 Å². The summed E-state index contributed by atoms with van der Waals surface area (Å²) in [6.07, 6.45) is -20.7. The lowest BCUT2D eigenvalue weighted by Gasteiger charge is -2.47. The molecule has 3 aliphatic heterocycles. The molecule has 13 amide bonds. The minimum Gasteiger partial charge on any atom is -0.460 e. The van der Waals surface area contributed by atoms with E-state index in [2.05, 4.69) is 47.9 Å². The number of nitrogens with zero attached hydrogens (tertiary/aromatic N) is 3. The number of hydrogen-bond donors (Lipinski definition) is 17. The zero-order valence-corrected chi connectivity index (χ0v) is 74.5. The van der Waals surface area contributed by atoms with Gasteiger partial charge in [0.2, 0.25) is 59.3 Å². The summed E-state index contributed by atoms with van der Waals surface area (Å²) < 4.78 is 41.1. The number of aliphatic hydroxyl groups is 7. The number of anilines is 1. The number of carbonyl (C=O) groups excluding carboxylic acids is 13. The molecule has 40 heteroatoms. The Balaban J connectivity index is 1.49. The molecule has 18 N–H and O–H groups in total. The summed E-state index contributed by atoms with van der Waals surface area (Å²) in [5, 5.41) is 101. The molecule has 698 valence electrons. The second-order valence-electron chi connectivity index (χ2n) is 34.1. The van der Waals surface area contributed by atoms with E-state index in [1.807, 2.05) is 19.9 Å². The maximum atomic E-state index is 15.4. The van der Waals surface area contributed by atoms with E-state index < -0.39 is 248 Å². The second kappa shape index (κ2) is 49.0. The minimum absolute atomic E-state index is 0.0347. The number of hydrogen-bond acceptors (Lipinski definition) is 27. The zero-order chi connectivity index (χ0) is 93.2. The van der Waals surface area contributed by atoms with E-state index >= 15 is 19.2 Å². The highest BCUT2D eigenvalue weighted by Gasteiger charge is 2.53. The number of likely N-dealkylation sites (tertiary alicyclic amines) is 1. The van der Waals surface area contributed by atoms with Crippen LogP contribution in [-0.2, 0) is 85.9 Å². The maximum Gasteiger partial charge on any atom is 0.411 e. The number of urea groups is 1. The molecule has 3 saturated heterocycles. The van der Waals surface area contributed by atoms with Crippen molar-refractivity contribution in [2.75, 3.05) is 59.9 Å². The van der Waals surface area contributed by atoms with Crippen LogP contribution < -0.4 is 53.6 Å². The number of methoxy groups -OCH3 is 2. The number of benzene rings is 2. The van der Waals surface area contributed by atoms with Crippen LogP contribution in [-0.4, -0.2) is 310 Å². The fourth-order valence-corrected chi connectivity index (χ4v) is 15.5. The third-order valence-electron chi connectivity index (χ3n) is 22.3. The van der Waals surface area contributed by atoms with Gasteiger partial charge in [-0.1, -0.05) is 111 Å². The Labute approximate surface area is 724 Å². The summed E-state index contributed by atoms with van der Waals surface area (Å²) in [7, 11) is 5.59. The molecule has 0 bridgehead atoms. The first-order valence-corrected chi connectivity index (χ1v) is 42.1. The van der Waals surface area contributed by atoms with Crippen LogP contribution >= 0.6 is 0 Å². The van der Waals surface area contributed by atoms with Crippen molar-refractivity contribution in [3.05, 3.63) is 65.7 Å². The lowest BCUT2D eigenvalue weighted by Crippen LogP contribution is -2.69. The largest absolute Gasteiger partial charge is 0.460 e. The number of aliphatic hydroxyl groups excluding tert-OH is 7. The van der Waals surface area contributed by atoms with Crippen molar-refractivity contribution in [1.82, 2.24) is 57.2 Å². The Morgan fingerprint density at radius 2 is 1.26 bits per heavy atom. The van der Waals surface area contributed by atoms with Crippen LogP contribution in [0.25, 0.3) is 0 Å². The quantitative estimate of drug-likeness (QED) is 0.0298. The highest BCUT2D eigenvalue weighted by molar-refractivity contribution is 5.99. The predicted octanol–water partition coefficient (Wildman–Crippen LogP) is -0.357. The van der Waals surface area contributed by atoms with E-state index in [4.69, 9.17) is 38.9 Å². The van der Waals surface area contributed by atoms with Gasteiger partial charge in [-0.05, 0) is 101 Å². The fourth-order valence-electron chi connectivity index (χ4n) is 15.5. The van der Waals surface area contributed by atoms with Crippen LogP contribution in [0.2, 0.25) is 0 Å². The van der Waals surface area contributed by atoms with Gasteiger partial charge in [-0.3, -0.25) is 57.6 Å². The van der Waals surface area contributed by atoms with Crippen molar-refractivity contribution < 1.29 is 131 Å². The lowest BCUT2D eigenvalue weighted by atomic mass is 9.89.